The lowest BCUT2D eigenvalue weighted by atomic mass is 10.0. The molecule has 192 valence electrons. The molecule has 0 unspecified atom stereocenters. The van der Waals surface area contributed by atoms with Crippen LogP contribution in [0.3, 0.4) is 0 Å². The normalized spacial score (nSPS) is 15.6. The van der Waals surface area contributed by atoms with E-state index in [0.717, 1.165) is 57.2 Å². The number of fused-ring (bicyclic) bond motifs is 1. The van der Waals surface area contributed by atoms with Gasteiger partial charge in [-0.2, -0.15) is 10.2 Å². The summed E-state index contributed by atoms with van der Waals surface area (Å²) >= 11 is 1.25. The number of anilines is 3. The van der Waals surface area contributed by atoms with E-state index in [1.165, 1.54) is 22.5 Å². The first-order valence-corrected chi connectivity index (χ1v) is 13.3. The highest BCUT2D eigenvalue weighted by molar-refractivity contribution is 7.17. The number of ether oxygens (including phenoxy) is 1. The first-order chi connectivity index (χ1) is 18.0. The van der Waals surface area contributed by atoms with Gasteiger partial charge in [-0.1, -0.05) is 23.5 Å². The molecule has 0 spiro atoms. The van der Waals surface area contributed by atoms with Crippen LogP contribution in [0.4, 0.5) is 16.9 Å². The number of carbonyl (C=O) groups excluding carboxylic acids is 1. The summed E-state index contributed by atoms with van der Waals surface area (Å²) in [7, 11) is 0. The Morgan fingerprint density at radius 3 is 2.70 bits per heavy atom. The van der Waals surface area contributed by atoms with Gasteiger partial charge in [0.15, 0.2) is 5.13 Å². The lowest BCUT2D eigenvalue weighted by molar-refractivity contribution is 0.0531. The Morgan fingerprint density at radius 2 is 1.97 bits per heavy atom. The molecule has 5 rings (SSSR count). The van der Waals surface area contributed by atoms with Crippen LogP contribution in [-0.2, 0) is 24.2 Å². The molecule has 3 aromatic rings. The van der Waals surface area contributed by atoms with Crippen LogP contribution in [0.15, 0.2) is 24.3 Å². The second-order valence-corrected chi connectivity index (χ2v) is 10.1. The lowest BCUT2D eigenvalue weighted by Gasteiger charge is -2.34. The first kappa shape index (κ1) is 25.1. The molecule has 0 aliphatic carbocycles. The number of nitriles is 1. The number of thiazole rings is 1. The van der Waals surface area contributed by atoms with E-state index >= 15 is 0 Å². The maximum Gasteiger partial charge on any atom is 0.350 e. The van der Waals surface area contributed by atoms with Gasteiger partial charge in [-0.15, -0.1) is 0 Å². The summed E-state index contributed by atoms with van der Waals surface area (Å²) in [6.45, 7) is 9.93. The third kappa shape index (κ3) is 5.72. The zero-order valence-electron chi connectivity index (χ0n) is 21.1. The van der Waals surface area contributed by atoms with E-state index in [9.17, 15) is 4.79 Å². The third-order valence-electron chi connectivity index (χ3n) is 6.50. The molecule has 11 heteroatoms. The number of nitrogens with zero attached hydrogens (tertiary/aromatic N) is 6. The number of aromatic nitrogens is 3. The Morgan fingerprint density at radius 1 is 1.19 bits per heavy atom. The van der Waals surface area contributed by atoms with E-state index in [2.05, 4.69) is 31.5 Å². The number of hydrogen-bond acceptors (Lipinski definition) is 11. The number of esters is 1. The Bertz CT molecular complexity index is 1310. The van der Waals surface area contributed by atoms with Crippen molar-refractivity contribution in [1.29, 1.82) is 5.26 Å². The van der Waals surface area contributed by atoms with Crippen molar-refractivity contribution in [1.82, 2.24) is 25.2 Å². The molecular formula is C26H30N8O2S. The fraction of sp³-hybridized carbons (Fsp3) is 0.423. The maximum atomic E-state index is 12.3. The number of nitrogens with one attached hydrogen (secondary N) is 2. The van der Waals surface area contributed by atoms with Gasteiger partial charge in [0.1, 0.15) is 10.7 Å². The minimum absolute atomic E-state index is 0.319. The molecule has 0 atom stereocenters. The number of hydrogen-bond donors (Lipinski definition) is 2. The number of rotatable bonds is 7. The first-order valence-electron chi connectivity index (χ1n) is 12.5. The molecule has 37 heavy (non-hydrogen) atoms. The molecule has 1 aromatic carbocycles. The van der Waals surface area contributed by atoms with E-state index in [-0.39, 0.29) is 5.97 Å². The van der Waals surface area contributed by atoms with E-state index in [0.29, 0.717) is 40.4 Å². The molecular weight excluding hydrogens is 488 g/mol. The average molecular weight is 519 g/mol. The van der Waals surface area contributed by atoms with Crippen molar-refractivity contribution < 1.29 is 9.53 Å². The molecule has 0 amide bonds. The molecule has 2 aliphatic heterocycles. The van der Waals surface area contributed by atoms with Crippen molar-refractivity contribution in [2.75, 3.05) is 49.5 Å². The second kappa shape index (κ2) is 11.2. The zero-order chi connectivity index (χ0) is 25.8. The van der Waals surface area contributed by atoms with Crippen molar-refractivity contribution in [3.8, 4) is 6.07 Å². The average Bonchev–Trinajstić information content (AvgIpc) is 3.29. The Labute approximate surface area is 220 Å². The van der Waals surface area contributed by atoms with Crippen LogP contribution >= 0.6 is 11.3 Å². The summed E-state index contributed by atoms with van der Waals surface area (Å²) in [5, 5.41) is 16.3. The Kier molecular flexibility index (Phi) is 7.60. The molecule has 0 radical (unpaired) electrons. The summed E-state index contributed by atoms with van der Waals surface area (Å²) in [5.74, 6) is 1.10. The molecule has 2 aliphatic rings. The van der Waals surface area contributed by atoms with Gasteiger partial charge in [0.05, 0.1) is 29.6 Å². The summed E-state index contributed by atoms with van der Waals surface area (Å²) in [5.41, 5.74) is 4.66. The van der Waals surface area contributed by atoms with E-state index in [4.69, 9.17) is 20.0 Å². The summed E-state index contributed by atoms with van der Waals surface area (Å²) in [6, 6.07) is 9.92. The highest BCUT2D eigenvalue weighted by Crippen LogP contribution is 2.31. The summed E-state index contributed by atoms with van der Waals surface area (Å²) < 4.78 is 5.16. The topological polar surface area (TPSA) is 119 Å². The van der Waals surface area contributed by atoms with E-state index in [1.54, 1.807) is 13.8 Å². The van der Waals surface area contributed by atoms with Crippen molar-refractivity contribution in [2.24, 2.45) is 0 Å². The van der Waals surface area contributed by atoms with Gasteiger partial charge in [0.25, 0.3) is 0 Å². The predicted octanol–water partition coefficient (Wildman–Crippen LogP) is 3.00. The fourth-order valence-corrected chi connectivity index (χ4v) is 5.52. The van der Waals surface area contributed by atoms with Gasteiger partial charge in [-0.25, -0.2) is 14.8 Å². The van der Waals surface area contributed by atoms with E-state index in [1.807, 2.05) is 24.3 Å². The maximum absolute atomic E-state index is 12.3. The zero-order valence-corrected chi connectivity index (χ0v) is 21.9. The van der Waals surface area contributed by atoms with Crippen molar-refractivity contribution in [3.63, 3.8) is 0 Å². The molecule has 2 aromatic heterocycles. The van der Waals surface area contributed by atoms with Gasteiger partial charge in [0.2, 0.25) is 5.95 Å². The highest BCUT2D eigenvalue weighted by atomic mass is 32.1. The molecule has 0 bridgehead atoms. The van der Waals surface area contributed by atoms with Crippen LogP contribution in [-0.4, -0.2) is 65.2 Å². The van der Waals surface area contributed by atoms with Gasteiger partial charge in [-0.3, -0.25) is 10.2 Å². The monoisotopic (exact) mass is 518 g/mol. The predicted molar refractivity (Wildman–Crippen MR) is 142 cm³/mol. The van der Waals surface area contributed by atoms with Crippen LogP contribution in [0, 0.1) is 18.3 Å². The van der Waals surface area contributed by atoms with Crippen LogP contribution < -0.4 is 15.5 Å². The standard InChI is InChI=1S/C26H30N8O2S/c1-3-36-24(35)22-17(2)29-26(37-22)32-25-30-21-16-33(15-19-6-4-18(14-27)5-7-19)11-8-20(21)23(31-25)34-12-9-28-10-13-34/h4-7,28H,3,8-13,15-16H2,1-2H3,(H,29,30,31,32). The molecule has 2 N–H and O–H groups in total. The van der Waals surface area contributed by atoms with Gasteiger partial charge in [0, 0.05) is 51.4 Å². The largest absolute Gasteiger partial charge is 0.462 e. The third-order valence-corrected chi connectivity index (χ3v) is 7.56. The van der Waals surface area contributed by atoms with Gasteiger partial charge in [-0.05, 0) is 38.0 Å². The van der Waals surface area contributed by atoms with Gasteiger partial charge >= 0.3 is 5.97 Å². The SMILES string of the molecule is CCOC(=O)c1sc(Nc2nc3c(c(N4CCNCC4)n2)CCN(Cc2ccc(C#N)cc2)C3)nc1C. The summed E-state index contributed by atoms with van der Waals surface area (Å²) in [6.07, 6.45) is 0.870. The quantitative estimate of drug-likeness (QED) is 0.452. The minimum Gasteiger partial charge on any atom is -0.462 e. The minimum atomic E-state index is -0.364. The number of aryl methyl sites for hydroxylation is 1. The smallest absolute Gasteiger partial charge is 0.350 e. The molecule has 0 saturated carbocycles. The van der Waals surface area contributed by atoms with Crippen LogP contribution in [0.1, 0.15) is 44.7 Å². The molecule has 1 fully saturated rings. The van der Waals surface area contributed by atoms with Gasteiger partial charge < -0.3 is 15.0 Å². The van der Waals surface area contributed by atoms with Crippen LogP contribution in [0.2, 0.25) is 0 Å². The van der Waals surface area contributed by atoms with Crippen LogP contribution in [0.5, 0.6) is 0 Å². The van der Waals surface area contributed by atoms with Crippen molar-refractivity contribution in [2.45, 2.75) is 33.4 Å². The highest BCUT2D eigenvalue weighted by Gasteiger charge is 2.26. The fourth-order valence-electron chi connectivity index (χ4n) is 4.67. The Balaban J connectivity index is 1.41. The summed E-state index contributed by atoms with van der Waals surface area (Å²) in [4.78, 5) is 31.8. The van der Waals surface area contributed by atoms with Crippen molar-refractivity contribution in [3.05, 3.63) is 57.2 Å². The Hall–Kier alpha value is -3.59. The number of piperazine rings is 1. The van der Waals surface area contributed by atoms with E-state index < -0.39 is 0 Å². The molecule has 4 heterocycles. The van der Waals surface area contributed by atoms with Crippen molar-refractivity contribution >= 4 is 34.2 Å². The molecule has 10 nitrogen and oxygen atoms in total. The lowest BCUT2D eigenvalue weighted by Crippen LogP contribution is -2.45. The number of carbonyl (C=O) groups is 1. The molecule has 1 saturated heterocycles. The van der Waals surface area contributed by atoms with Crippen LogP contribution in [0.25, 0.3) is 0 Å². The second-order valence-electron chi connectivity index (χ2n) is 9.08. The number of benzene rings is 1.